The second kappa shape index (κ2) is 9.33. The molecular weight excluding hydrogens is 437 g/mol. The maximum Gasteiger partial charge on any atom is 0.166 e. The molecule has 6 nitrogen and oxygen atoms in total. The largest absolute Gasteiger partial charge is 0.384 e. The lowest BCUT2D eigenvalue weighted by Gasteiger charge is -2.33. The number of nitrogens with zero attached hydrogens (tertiary/aromatic N) is 2. The summed E-state index contributed by atoms with van der Waals surface area (Å²) in [6.45, 7) is 3.06. The molecule has 1 aromatic carbocycles. The van der Waals surface area contributed by atoms with Gasteiger partial charge in [0, 0.05) is 50.7 Å². The van der Waals surface area contributed by atoms with Gasteiger partial charge in [-0.05, 0) is 49.3 Å². The smallest absolute Gasteiger partial charge is 0.166 e. The van der Waals surface area contributed by atoms with E-state index in [9.17, 15) is 4.79 Å². The van der Waals surface area contributed by atoms with Crippen molar-refractivity contribution in [2.24, 2.45) is 17.8 Å². The van der Waals surface area contributed by atoms with E-state index in [1.54, 1.807) is 26.5 Å². The summed E-state index contributed by atoms with van der Waals surface area (Å²) in [6.07, 6.45) is 3.62. The Kier molecular flexibility index (Phi) is 6.72. The first kappa shape index (κ1) is 22.3. The fourth-order valence-corrected chi connectivity index (χ4v) is 5.40. The highest BCUT2D eigenvalue weighted by Gasteiger charge is 2.45. The molecule has 2 aromatic rings. The number of allylic oxidation sites excluding steroid dienone is 2. The van der Waals surface area contributed by atoms with Gasteiger partial charge in [0.15, 0.2) is 5.78 Å². The second-order valence-electron chi connectivity index (χ2n) is 8.30. The number of ether oxygens (including phenoxy) is 2. The van der Waals surface area contributed by atoms with E-state index in [1.807, 2.05) is 29.8 Å². The number of hydrogen-bond acceptors (Lipinski definition) is 5. The molecule has 1 aromatic heterocycles. The van der Waals surface area contributed by atoms with Crippen molar-refractivity contribution in [2.75, 3.05) is 32.8 Å². The molecule has 0 amide bonds. The van der Waals surface area contributed by atoms with Crippen LogP contribution in [0.2, 0.25) is 10.0 Å². The predicted molar refractivity (Wildman–Crippen MR) is 122 cm³/mol. The SMILES string of the molecule is COC[C@@H]1CC[C@@H](COC)C1C(=O)C1=C(C)Nc2ccnn2C1c1ccc(Cl)c(Cl)c1. The number of ketones is 1. The Labute approximate surface area is 192 Å². The molecule has 0 saturated heterocycles. The lowest BCUT2D eigenvalue weighted by atomic mass is 9.79. The van der Waals surface area contributed by atoms with E-state index in [0.29, 0.717) is 28.8 Å². The normalized spacial score (nSPS) is 23.7. The third kappa shape index (κ3) is 4.14. The fourth-order valence-electron chi connectivity index (χ4n) is 5.10. The number of hydrogen-bond donors (Lipinski definition) is 1. The number of rotatable bonds is 7. The monoisotopic (exact) mass is 463 g/mol. The zero-order chi connectivity index (χ0) is 22.1. The minimum Gasteiger partial charge on any atom is -0.384 e. The fraction of sp³-hybridized carbons (Fsp3) is 0.478. The number of fused-ring (bicyclic) bond motifs is 1. The Morgan fingerprint density at radius 1 is 1.13 bits per heavy atom. The van der Waals surface area contributed by atoms with Crippen molar-refractivity contribution < 1.29 is 14.3 Å². The molecule has 2 aliphatic rings. The summed E-state index contributed by atoms with van der Waals surface area (Å²) in [7, 11) is 3.37. The van der Waals surface area contributed by atoms with Gasteiger partial charge in [-0.25, -0.2) is 4.68 Å². The molecule has 1 aliphatic heterocycles. The quantitative estimate of drug-likeness (QED) is 0.626. The van der Waals surface area contributed by atoms with Crippen LogP contribution in [0, 0.1) is 17.8 Å². The number of nitrogens with one attached hydrogen (secondary N) is 1. The molecule has 0 radical (unpaired) electrons. The number of Topliss-reactive ketones (excluding diaryl/α,β-unsaturated/α-hetero) is 1. The summed E-state index contributed by atoms with van der Waals surface area (Å²) >= 11 is 12.5. The molecule has 4 rings (SSSR count). The maximum atomic E-state index is 14.1. The van der Waals surface area contributed by atoms with Crippen LogP contribution < -0.4 is 5.32 Å². The number of benzene rings is 1. The molecule has 2 heterocycles. The van der Waals surface area contributed by atoms with Crippen LogP contribution in [0.1, 0.15) is 31.4 Å². The van der Waals surface area contributed by atoms with Gasteiger partial charge in [-0.3, -0.25) is 4.79 Å². The van der Waals surface area contributed by atoms with Crippen LogP contribution in [0.15, 0.2) is 41.7 Å². The summed E-state index contributed by atoms with van der Waals surface area (Å²) in [6, 6.07) is 7.00. The van der Waals surface area contributed by atoms with Crippen molar-refractivity contribution in [1.29, 1.82) is 0 Å². The number of methoxy groups -OCH3 is 2. The lowest BCUT2D eigenvalue weighted by Crippen LogP contribution is -2.36. The average Bonchev–Trinajstić information content (AvgIpc) is 3.36. The van der Waals surface area contributed by atoms with E-state index in [0.717, 1.165) is 29.9 Å². The Hall–Kier alpha value is -1.86. The number of anilines is 1. The Balaban J connectivity index is 1.79. The highest BCUT2D eigenvalue weighted by atomic mass is 35.5. The molecule has 166 valence electrons. The van der Waals surface area contributed by atoms with Gasteiger partial charge in [0.25, 0.3) is 0 Å². The molecule has 1 unspecified atom stereocenters. The Bertz CT molecular complexity index is 990. The molecule has 31 heavy (non-hydrogen) atoms. The highest BCUT2D eigenvalue weighted by molar-refractivity contribution is 6.42. The van der Waals surface area contributed by atoms with E-state index >= 15 is 0 Å². The van der Waals surface area contributed by atoms with Crippen LogP contribution in [0.25, 0.3) is 0 Å². The minimum absolute atomic E-state index is 0.115. The molecule has 3 atom stereocenters. The summed E-state index contributed by atoms with van der Waals surface area (Å²) in [5.74, 6) is 1.09. The van der Waals surface area contributed by atoms with Crippen molar-refractivity contribution in [1.82, 2.24) is 9.78 Å². The highest BCUT2D eigenvalue weighted by Crippen LogP contribution is 2.44. The van der Waals surface area contributed by atoms with Gasteiger partial charge in [-0.1, -0.05) is 29.3 Å². The van der Waals surface area contributed by atoms with Gasteiger partial charge in [0.1, 0.15) is 11.9 Å². The first-order valence-electron chi connectivity index (χ1n) is 10.4. The Morgan fingerprint density at radius 3 is 2.42 bits per heavy atom. The molecule has 1 fully saturated rings. The first-order chi connectivity index (χ1) is 15.0. The molecule has 1 aliphatic carbocycles. The van der Waals surface area contributed by atoms with Crippen molar-refractivity contribution in [3.05, 3.63) is 57.3 Å². The predicted octanol–water partition coefficient (Wildman–Crippen LogP) is 4.98. The van der Waals surface area contributed by atoms with Crippen molar-refractivity contribution in [2.45, 2.75) is 25.8 Å². The van der Waals surface area contributed by atoms with Crippen LogP contribution >= 0.6 is 23.2 Å². The molecule has 0 spiro atoms. The number of aromatic nitrogens is 2. The van der Waals surface area contributed by atoms with E-state index in [1.165, 1.54) is 0 Å². The van der Waals surface area contributed by atoms with E-state index in [4.69, 9.17) is 32.7 Å². The summed E-state index contributed by atoms with van der Waals surface area (Å²) < 4.78 is 12.8. The van der Waals surface area contributed by atoms with Gasteiger partial charge in [0.05, 0.1) is 16.2 Å². The number of halogens is 2. The number of carbonyl (C=O) groups excluding carboxylic acids is 1. The maximum absolute atomic E-state index is 14.1. The summed E-state index contributed by atoms with van der Waals surface area (Å²) in [4.78, 5) is 14.1. The van der Waals surface area contributed by atoms with Crippen molar-refractivity contribution in [3.63, 3.8) is 0 Å². The van der Waals surface area contributed by atoms with Crippen molar-refractivity contribution in [3.8, 4) is 0 Å². The molecule has 1 N–H and O–H groups in total. The second-order valence-corrected chi connectivity index (χ2v) is 9.11. The summed E-state index contributed by atoms with van der Waals surface area (Å²) in [5.41, 5.74) is 2.39. The standard InChI is InChI=1S/C23H27Cl2N3O3/c1-13-20(23(29)21-15(11-30-2)4-5-16(21)12-31-3)22(28-19(27-13)8-9-26-28)14-6-7-17(24)18(25)10-14/h6-10,15-16,21-22,27H,4-5,11-12H2,1-3H3/t15-,16-,22?/m0/s1. The van der Waals surface area contributed by atoms with Crippen LogP contribution in [-0.4, -0.2) is 43.0 Å². The van der Waals surface area contributed by atoms with Gasteiger partial charge in [-0.15, -0.1) is 0 Å². The molecular formula is C23H27Cl2N3O3. The third-order valence-corrected chi connectivity index (χ3v) is 7.16. The van der Waals surface area contributed by atoms with E-state index < -0.39 is 0 Å². The first-order valence-corrected chi connectivity index (χ1v) is 11.2. The minimum atomic E-state index is -0.388. The topological polar surface area (TPSA) is 65.4 Å². The van der Waals surface area contributed by atoms with Gasteiger partial charge < -0.3 is 14.8 Å². The average molecular weight is 464 g/mol. The van der Waals surface area contributed by atoms with Crippen LogP contribution in [0.4, 0.5) is 5.82 Å². The molecule has 8 heteroatoms. The van der Waals surface area contributed by atoms with Crippen LogP contribution in [0.5, 0.6) is 0 Å². The van der Waals surface area contributed by atoms with Crippen LogP contribution in [0.3, 0.4) is 0 Å². The van der Waals surface area contributed by atoms with Crippen LogP contribution in [-0.2, 0) is 14.3 Å². The van der Waals surface area contributed by atoms with Gasteiger partial charge in [0.2, 0.25) is 0 Å². The van der Waals surface area contributed by atoms with Gasteiger partial charge >= 0.3 is 0 Å². The third-order valence-electron chi connectivity index (χ3n) is 6.42. The van der Waals surface area contributed by atoms with Gasteiger partial charge in [-0.2, -0.15) is 5.10 Å². The lowest BCUT2D eigenvalue weighted by molar-refractivity contribution is -0.123. The zero-order valence-corrected chi connectivity index (χ0v) is 19.4. The Morgan fingerprint density at radius 2 is 1.81 bits per heavy atom. The van der Waals surface area contributed by atoms with E-state index in [2.05, 4.69) is 10.4 Å². The number of carbonyl (C=O) groups is 1. The van der Waals surface area contributed by atoms with E-state index in [-0.39, 0.29) is 29.6 Å². The zero-order valence-electron chi connectivity index (χ0n) is 17.9. The summed E-state index contributed by atoms with van der Waals surface area (Å²) in [5, 5.41) is 8.79. The van der Waals surface area contributed by atoms with Crippen molar-refractivity contribution >= 4 is 34.8 Å². The molecule has 0 bridgehead atoms. The molecule has 1 saturated carbocycles.